The molecule has 1 N–H and O–H groups in total. The molecule has 1 unspecified atom stereocenters. The first kappa shape index (κ1) is 14.6. The molecule has 100 valence electrons. The highest BCUT2D eigenvalue weighted by Gasteiger charge is 2.20. The third kappa shape index (κ3) is 3.01. The molecule has 2 aromatic rings. The summed E-state index contributed by atoms with van der Waals surface area (Å²) in [6.07, 6.45) is -1.47. The Bertz CT molecular complexity index is 632. The quantitative estimate of drug-likeness (QED) is 0.730. The molecule has 0 spiro atoms. The fourth-order valence-corrected chi connectivity index (χ4v) is 2.42. The van der Waals surface area contributed by atoms with Crippen LogP contribution in [0.25, 0.3) is 0 Å². The number of hydrogen-bond acceptors (Lipinski definition) is 1. The van der Waals surface area contributed by atoms with E-state index in [1.807, 2.05) is 0 Å². The van der Waals surface area contributed by atoms with E-state index in [4.69, 9.17) is 0 Å². The zero-order valence-electron chi connectivity index (χ0n) is 9.30. The van der Waals surface area contributed by atoms with Gasteiger partial charge >= 0.3 is 0 Å². The Labute approximate surface area is 124 Å². The van der Waals surface area contributed by atoms with Gasteiger partial charge in [0.1, 0.15) is 23.6 Å². The zero-order valence-corrected chi connectivity index (χ0v) is 12.5. The first-order valence-corrected chi connectivity index (χ1v) is 6.76. The lowest BCUT2D eigenvalue weighted by Gasteiger charge is -2.15. The highest BCUT2D eigenvalue weighted by Crippen LogP contribution is 2.32. The fourth-order valence-electron chi connectivity index (χ4n) is 1.64. The van der Waals surface area contributed by atoms with E-state index < -0.39 is 23.6 Å². The normalized spacial score (nSPS) is 12.5. The lowest BCUT2D eigenvalue weighted by molar-refractivity contribution is 0.213. The smallest absolute Gasteiger partial charge is 0.137 e. The molecular weight excluding hydrogens is 389 g/mol. The third-order valence-electron chi connectivity index (χ3n) is 2.59. The summed E-state index contributed by atoms with van der Waals surface area (Å²) in [5, 5.41) is 10.1. The van der Waals surface area contributed by atoms with Crippen molar-refractivity contribution >= 4 is 31.9 Å². The standard InChI is InChI=1S/C13H7Br2F3O/c14-9-2-1-6(16)3-7(9)13(19)8-4-12(18)10(15)5-11(8)17/h1-5,13,19H. The lowest BCUT2D eigenvalue weighted by atomic mass is 10.0. The van der Waals surface area contributed by atoms with Crippen LogP contribution in [0.2, 0.25) is 0 Å². The molecule has 0 radical (unpaired) electrons. The van der Waals surface area contributed by atoms with Gasteiger partial charge in [0, 0.05) is 15.6 Å². The van der Waals surface area contributed by atoms with Crippen molar-refractivity contribution in [2.45, 2.75) is 6.10 Å². The van der Waals surface area contributed by atoms with Crippen LogP contribution >= 0.6 is 31.9 Å². The number of hydrogen-bond donors (Lipinski definition) is 1. The topological polar surface area (TPSA) is 20.2 Å². The molecule has 0 bridgehead atoms. The molecule has 0 saturated carbocycles. The Hall–Kier alpha value is -0.850. The van der Waals surface area contributed by atoms with Crippen molar-refractivity contribution in [3.05, 3.63) is 67.9 Å². The van der Waals surface area contributed by atoms with Crippen LogP contribution in [0.3, 0.4) is 0 Å². The number of aliphatic hydroxyl groups excluding tert-OH is 1. The number of benzene rings is 2. The predicted octanol–water partition coefficient (Wildman–Crippen LogP) is 4.71. The summed E-state index contributed by atoms with van der Waals surface area (Å²) < 4.78 is 40.7. The van der Waals surface area contributed by atoms with Crippen LogP contribution in [0.4, 0.5) is 13.2 Å². The van der Waals surface area contributed by atoms with Crippen molar-refractivity contribution in [3.63, 3.8) is 0 Å². The van der Waals surface area contributed by atoms with E-state index in [1.54, 1.807) is 0 Å². The van der Waals surface area contributed by atoms with Crippen molar-refractivity contribution in [2.75, 3.05) is 0 Å². The molecule has 0 heterocycles. The van der Waals surface area contributed by atoms with Crippen molar-refractivity contribution in [1.82, 2.24) is 0 Å². The highest BCUT2D eigenvalue weighted by atomic mass is 79.9. The molecule has 0 aliphatic carbocycles. The molecule has 19 heavy (non-hydrogen) atoms. The van der Waals surface area contributed by atoms with Crippen LogP contribution < -0.4 is 0 Å². The SMILES string of the molecule is OC(c1cc(F)c(Br)cc1F)c1cc(F)ccc1Br. The average molecular weight is 396 g/mol. The fraction of sp³-hybridized carbons (Fsp3) is 0.0769. The summed E-state index contributed by atoms with van der Waals surface area (Å²) in [4.78, 5) is 0. The van der Waals surface area contributed by atoms with Crippen LogP contribution in [-0.2, 0) is 0 Å². The number of rotatable bonds is 2. The third-order valence-corrected chi connectivity index (χ3v) is 3.92. The largest absolute Gasteiger partial charge is 0.384 e. The summed E-state index contributed by atoms with van der Waals surface area (Å²) in [7, 11) is 0. The van der Waals surface area contributed by atoms with Gasteiger partial charge < -0.3 is 5.11 Å². The van der Waals surface area contributed by atoms with Gasteiger partial charge in [-0.05, 0) is 46.3 Å². The van der Waals surface area contributed by atoms with Crippen LogP contribution in [0.5, 0.6) is 0 Å². The number of halogens is 5. The van der Waals surface area contributed by atoms with E-state index in [0.29, 0.717) is 4.47 Å². The molecule has 1 nitrogen and oxygen atoms in total. The van der Waals surface area contributed by atoms with Gasteiger partial charge in [-0.2, -0.15) is 0 Å². The van der Waals surface area contributed by atoms with E-state index in [9.17, 15) is 18.3 Å². The molecule has 6 heteroatoms. The first-order valence-electron chi connectivity index (χ1n) is 5.17. The second-order valence-electron chi connectivity index (χ2n) is 3.86. The molecular formula is C13H7Br2F3O. The van der Waals surface area contributed by atoms with Gasteiger partial charge in [0.25, 0.3) is 0 Å². The molecule has 0 saturated heterocycles. The van der Waals surface area contributed by atoms with Gasteiger partial charge in [-0.25, -0.2) is 13.2 Å². The summed E-state index contributed by atoms with van der Waals surface area (Å²) in [6.45, 7) is 0. The molecule has 0 aliphatic heterocycles. The maximum Gasteiger partial charge on any atom is 0.137 e. The molecule has 0 fully saturated rings. The summed E-state index contributed by atoms with van der Waals surface area (Å²) in [5.74, 6) is -2.06. The second-order valence-corrected chi connectivity index (χ2v) is 5.56. The first-order chi connectivity index (χ1) is 8.90. The van der Waals surface area contributed by atoms with Crippen molar-refractivity contribution in [1.29, 1.82) is 0 Å². The van der Waals surface area contributed by atoms with Gasteiger partial charge in [-0.1, -0.05) is 15.9 Å². The van der Waals surface area contributed by atoms with Crippen molar-refractivity contribution in [3.8, 4) is 0 Å². The van der Waals surface area contributed by atoms with E-state index in [1.165, 1.54) is 12.1 Å². The summed E-state index contributed by atoms with van der Waals surface area (Å²) in [5.41, 5.74) is -0.132. The Kier molecular flexibility index (Phi) is 4.32. The Morgan fingerprint density at radius 3 is 2.21 bits per heavy atom. The van der Waals surface area contributed by atoms with E-state index in [0.717, 1.165) is 18.2 Å². The van der Waals surface area contributed by atoms with E-state index in [2.05, 4.69) is 31.9 Å². The Morgan fingerprint density at radius 2 is 1.53 bits per heavy atom. The lowest BCUT2D eigenvalue weighted by Crippen LogP contribution is -2.05. The zero-order chi connectivity index (χ0) is 14.2. The predicted molar refractivity (Wildman–Crippen MR) is 72.2 cm³/mol. The monoisotopic (exact) mass is 394 g/mol. The molecule has 2 rings (SSSR count). The maximum absolute atomic E-state index is 13.7. The minimum atomic E-state index is -1.47. The van der Waals surface area contributed by atoms with Gasteiger partial charge in [0.2, 0.25) is 0 Å². The van der Waals surface area contributed by atoms with Crippen molar-refractivity contribution < 1.29 is 18.3 Å². The number of aliphatic hydroxyl groups is 1. The van der Waals surface area contributed by atoms with Gasteiger partial charge in [-0.15, -0.1) is 0 Å². The molecule has 1 atom stereocenters. The van der Waals surface area contributed by atoms with Crippen LogP contribution in [0, 0.1) is 17.5 Å². The molecule has 0 amide bonds. The highest BCUT2D eigenvalue weighted by molar-refractivity contribution is 9.10. The van der Waals surface area contributed by atoms with Crippen LogP contribution in [0.15, 0.2) is 39.3 Å². The summed E-state index contributed by atoms with van der Waals surface area (Å²) >= 11 is 5.98. The molecule has 0 aliphatic rings. The maximum atomic E-state index is 13.7. The van der Waals surface area contributed by atoms with E-state index >= 15 is 0 Å². The average Bonchev–Trinajstić information content (AvgIpc) is 2.36. The van der Waals surface area contributed by atoms with Crippen LogP contribution in [0.1, 0.15) is 17.2 Å². The van der Waals surface area contributed by atoms with Crippen LogP contribution in [-0.4, -0.2) is 5.11 Å². The van der Waals surface area contributed by atoms with Gasteiger partial charge in [0.05, 0.1) is 4.47 Å². The Morgan fingerprint density at radius 1 is 0.842 bits per heavy atom. The summed E-state index contributed by atoms with van der Waals surface area (Å²) in [6, 6.07) is 5.44. The van der Waals surface area contributed by atoms with E-state index in [-0.39, 0.29) is 15.6 Å². The minimum absolute atomic E-state index is 0.0424. The Balaban J connectivity index is 2.52. The second kappa shape index (κ2) is 5.64. The van der Waals surface area contributed by atoms with Gasteiger partial charge in [-0.3, -0.25) is 0 Å². The molecule has 2 aromatic carbocycles. The van der Waals surface area contributed by atoms with Gasteiger partial charge in [0.15, 0.2) is 0 Å². The minimum Gasteiger partial charge on any atom is -0.384 e. The van der Waals surface area contributed by atoms with Crippen molar-refractivity contribution in [2.24, 2.45) is 0 Å². The molecule has 0 aromatic heterocycles.